The van der Waals surface area contributed by atoms with Crippen molar-refractivity contribution in [2.45, 2.75) is 9.92 Å². The van der Waals surface area contributed by atoms with Crippen LogP contribution in [0.15, 0.2) is 64.8 Å². The molecule has 0 saturated carbocycles. The van der Waals surface area contributed by atoms with Crippen LogP contribution in [-0.4, -0.2) is 9.97 Å². The molecule has 0 aliphatic heterocycles. The lowest BCUT2D eigenvalue weighted by atomic mass is 10.1. The maximum Gasteiger partial charge on any atom is 0.217 e. The van der Waals surface area contributed by atoms with E-state index in [1.54, 1.807) is 0 Å². The number of halogens is 1. The van der Waals surface area contributed by atoms with Crippen molar-refractivity contribution in [2.75, 3.05) is 0 Å². The summed E-state index contributed by atoms with van der Waals surface area (Å²) in [4.78, 5) is 8.50. The van der Waals surface area contributed by atoms with Crippen LogP contribution in [0.5, 0.6) is 0 Å². The van der Waals surface area contributed by atoms with Gasteiger partial charge in [-0.2, -0.15) is 4.39 Å². The molecule has 0 saturated heterocycles. The predicted octanol–water partition coefficient (Wildman–Crippen LogP) is 3.92. The molecule has 0 spiro atoms. The fraction of sp³-hybridized carbons (Fsp3) is 0. The minimum atomic E-state index is -0.506. The Morgan fingerprint density at radius 1 is 0.889 bits per heavy atom. The minimum Gasteiger partial charge on any atom is -0.229 e. The molecule has 0 atom stereocenters. The standard InChI is InChI=1S/C14H9FN2S/c15-13-8-14(17-9-16-13)18-12-6-5-10-3-1-2-4-11(10)7-12/h1-9H. The lowest BCUT2D eigenvalue weighted by molar-refractivity contribution is 0.572. The predicted molar refractivity (Wildman–Crippen MR) is 70.1 cm³/mol. The first kappa shape index (κ1) is 11.2. The summed E-state index contributed by atoms with van der Waals surface area (Å²) in [7, 11) is 0. The average Bonchev–Trinajstić information content (AvgIpc) is 2.39. The fourth-order valence-electron chi connectivity index (χ4n) is 1.72. The first-order valence-electron chi connectivity index (χ1n) is 5.45. The molecule has 3 rings (SSSR count). The van der Waals surface area contributed by atoms with Crippen molar-refractivity contribution in [2.24, 2.45) is 0 Å². The SMILES string of the molecule is Fc1cc(Sc2ccc3ccccc3c2)ncn1. The molecule has 0 radical (unpaired) electrons. The van der Waals surface area contributed by atoms with E-state index in [2.05, 4.69) is 34.2 Å². The molecule has 0 amide bonds. The zero-order chi connectivity index (χ0) is 12.4. The van der Waals surface area contributed by atoms with Gasteiger partial charge in [-0.1, -0.05) is 42.1 Å². The second-order valence-corrected chi connectivity index (χ2v) is 4.88. The van der Waals surface area contributed by atoms with Crippen molar-refractivity contribution in [1.29, 1.82) is 0 Å². The van der Waals surface area contributed by atoms with Gasteiger partial charge in [0.1, 0.15) is 11.4 Å². The van der Waals surface area contributed by atoms with Gasteiger partial charge in [-0.3, -0.25) is 0 Å². The van der Waals surface area contributed by atoms with Crippen molar-refractivity contribution >= 4 is 22.5 Å². The molecule has 0 fully saturated rings. The fourth-order valence-corrected chi connectivity index (χ4v) is 2.54. The first-order chi connectivity index (χ1) is 8.81. The Balaban J connectivity index is 1.95. The highest BCUT2D eigenvalue weighted by Gasteiger charge is 2.02. The molecule has 1 aromatic heterocycles. The van der Waals surface area contributed by atoms with E-state index in [4.69, 9.17) is 0 Å². The Bertz CT molecular complexity index is 700. The maximum atomic E-state index is 13.0. The molecule has 0 bridgehead atoms. The zero-order valence-electron chi connectivity index (χ0n) is 9.38. The van der Waals surface area contributed by atoms with Crippen molar-refractivity contribution in [3.8, 4) is 0 Å². The van der Waals surface area contributed by atoms with Gasteiger partial charge >= 0.3 is 0 Å². The molecule has 2 nitrogen and oxygen atoms in total. The topological polar surface area (TPSA) is 25.8 Å². The monoisotopic (exact) mass is 256 g/mol. The van der Waals surface area contributed by atoms with Crippen molar-refractivity contribution < 1.29 is 4.39 Å². The van der Waals surface area contributed by atoms with Crippen molar-refractivity contribution in [1.82, 2.24) is 9.97 Å². The summed E-state index contributed by atoms with van der Waals surface area (Å²) in [6, 6.07) is 15.6. The third-order valence-corrected chi connectivity index (χ3v) is 3.47. The molecule has 3 aromatic rings. The second kappa shape index (κ2) is 4.74. The van der Waals surface area contributed by atoms with Crippen LogP contribution in [0.25, 0.3) is 10.8 Å². The Kier molecular flexibility index (Phi) is 2.94. The summed E-state index contributed by atoms with van der Waals surface area (Å²) >= 11 is 1.43. The van der Waals surface area contributed by atoms with Gasteiger partial charge < -0.3 is 0 Å². The lowest BCUT2D eigenvalue weighted by Crippen LogP contribution is -1.86. The summed E-state index contributed by atoms with van der Waals surface area (Å²) in [5.41, 5.74) is 0. The van der Waals surface area contributed by atoms with Crippen molar-refractivity contribution in [3.05, 3.63) is 60.8 Å². The van der Waals surface area contributed by atoms with Gasteiger partial charge in [0.2, 0.25) is 5.95 Å². The number of fused-ring (bicyclic) bond motifs is 1. The van der Waals surface area contributed by atoms with Gasteiger partial charge in [-0.05, 0) is 22.9 Å². The summed E-state index contributed by atoms with van der Waals surface area (Å²) in [6.45, 7) is 0. The highest BCUT2D eigenvalue weighted by Crippen LogP contribution is 2.28. The molecule has 88 valence electrons. The van der Waals surface area contributed by atoms with Crippen LogP contribution in [0.4, 0.5) is 4.39 Å². The van der Waals surface area contributed by atoms with Gasteiger partial charge in [0.05, 0.1) is 0 Å². The van der Waals surface area contributed by atoms with E-state index in [1.807, 2.05) is 18.2 Å². The van der Waals surface area contributed by atoms with Gasteiger partial charge in [0.15, 0.2) is 0 Å². The Morgan fingerprint density at radius 3 is 2.56 bits per heavy atom. The van der Waals surface area contributed by atoms with E-state index in [0.29, 0.717) is 5.03 Å². The molecular formula is C14H9FN2S. The molecule has 2 aromatic carbocycles. The van der Waals surface area contributed by atoms with E-state index in [1.165, 1.54) is 29.5 Å². The maximum absolute atomic E-state index is 13.0. The second-order valence-electron chi connectivity index (χ2n) is 3.79. The highest BCUT2D eigenvalue weighted by atomic mass is 32.2. The molecule has 0 aliphatic carbocycles. The smallest absolute Gasteiger partial charge is 0.217 e. The number of aromatic nitrogens is 2. The van der Waals surface area contributed by atoms with E-state index in [9.17, 15) is 4.39 Å². The van der Waals surface area contributed by atoms with Crippen LogP contribution in [0, 0.1) is 5.95 Å². The third-order valence-electron chi connectivity index (χ3n) is 2.55. The first-order valence-corrected chi connectivity index (χ1v) is 6.27. The van der Waals surface area contributed by atoms with Crippen LogP contribution in [0.2, 0.25) is 0 Å². The molecule has 0 unspecified atom stereocenters. The van der Waals surface area contributed by atoms with Gasteiger partial charge in [-0.25, -0.2) is 9.97 Å². The summed E-state index contributed by atoms with van der Waals surface area (Å²) in [6.07, 6.45) is 1.23. The summed E-state index contributed by atoms with van der Waals surface area (Å²) in [5.74, 6) is -0.506. The lowest BCUT2D eigenvalue weighted by Gasteiger charge is -2.02. The number of hydrogen-bond donors (Lipinski definition) is 0. The molecule has 18 heavy (non-hydrogen) atoms. The van der Waals surface area contributed by atoms with Crippen LogP contribution in [0.3, 0.4) is 0 Å². The largest absolute Gasteiger partial charge is 0.229 e. The summed E-state index contributed by atoms with van der Waals surface area (Å²) in [5, 5.41) is 2.96. The molecular weight excluding hydrogens is 247 g/mol. The van der Waals surface area contributed by atoms with Gasteiger partial charge in [-0.15, -0.1) is 0 Å². The Labute approximate surface area is 108 Å². The van der Waals surface area contributed by atoms with E-state index < -0.39 is 5.95 Å². The number of nitrogens with zero attached hydrogens (tertiary/aromatic N) is 2. The molecule has 0 N–H and O–H groups in total. The number of rotatable bonds is 2. The average molecular weight is 256 g/mol. The van der Waals surface area contributed by atoms with Gasteiger partial charge in [0, 0.05) is 11.0 Å². The Hall–Kier alpha value is -1.94. The third kappa shape index (κ3) is 2.33. The normalized spacial score (nSPS) is 10.7. The van der Waals surface area contributed by atoms with Crippen LogP contribution < -0.4 is 0 Å². The van der Waals surface area contributed by atoms with E-state index in [0.717, 1.165) is 10.3 Å². The van der Waals surface area contributed by atoms with Crippen LogP contribution in [0.1, 0.15) is 0 Å². The molecule has 0 aliphatic rings. The minimum absolute atomic E-state index is 0.506. The van der Waals surface area contributed by atoms with Crippen LogP contribution >= 0.6 is 11.8 Å². The summed E-state index contributed by atoms with van der Waals surface area (Å²) < 4.78 is 13.0. The van der Waals surface area contributed by atoms with E-state index >= 15 is 0 Å². The molecule has 1 heterocycles. The van der Waals surface area contributed by atoms with Crippen LogP contribution in [-0.2, 0) is 0 Å². The molecule has 4 heteroatoms. The zero-order valence-corrected chi connectivity index (χ0v) is 10.2. The number of benzene rings is 2. The highest BCUT2D eigenvalue weighted by molar-refractivity contribution is 7.99. The number of hydrogen-bond acceptors (Lipinski definition) is 3. The van der Waals surface area contributed by atoms with E-state index in [-0.39, 0.29) is 0 Å². The van der Waals surface area contributed by atoms with Gasteiger partial charge in [0.25, 0.3) is 0 Å². The van der Waals surface area contributed by atoms with Crippen molar-refractivity contribution in [3.63, 3.8) is 0 Å². The Morgan fingerprint density at radius 2 is 1.72 bits per heavy atom. The quantitative estimate of drug-likeness (QED) is 0.650.